The number of anilines is 1. The van der Waals surface area contributed by atoms with Crippen LogP contribution in [-0.2, 0) is 18.9 Å². The number of nitrogens with zero attached hydrogens (tertiary/aromatic N) is 3. The fraction of sp³-hybridized carbons (Fsp3) is 0.324. The lowest BCUT2D eigenvalue weighted by atomic mass is 9.91. The Morgan fingerprint density at radius 2 is 1.78 bits per heavy atom. The summed E-state index contributed by atoms with van der Waals surface area (Å²) in [4.78, 5) is 54.4. The van der Waals surface area contributed by atoms with E-state index in [1.807, 2.05) is 50.2 Å². The third kappa shape index (κ3) is 5.56. The number of pyridine rings is 1. The molecule has 0 bridgehead atoms. The number of hydrogen-bond donors (Lipinski definition) is 3. The van der Waals surface area contributed by atoms with Crippen molar-refractivity contribution in [3.63, 3.8) is 0 Å². The third-order valence-electron chi connectivity index (χ3n) is 8.80. The molecule has 0 radical (unpaired) electrons. The molecule has 6 rings (SSSR count). The van der Waals surface area contributed by atoms with Crippen LogP contribution in [-0.4, -0.2) is 52.2 Å². The first kappa shape index (κ1) is 30.8. The minimum atomic E-state index is -0.663. The number of amides is 2. The SMILES string of the molecule is COc1nc(-c2cccc(-c3cccc(NC(=O)c4cn(C)c(=O)n(C)c4=O)c3C)c2C)cc2c1C(NCC1CCC(=O)N1)CO2. The van der Waals surface area contributed by atoms with Gasteiger partial charge in [0.05, 0.1) is 24.4 Å². The molecule has 12 heteroatoms. The number of carbonyl (C=O) groups excluding carboxylic acids is 2. The van der Waals surface area contributed by atoms with Crippen LogP contribution >= 0.6 is 0 Å². The molecule has 4 heterocycles. The van der Waals surface area contributed by atoms with Crippen LogP contribution in [0.4, 0.5) is 5.69 Å². The molecule has 1 fully saturated rings. The van der Waals surface area contributed by atoms with E-state index in [0.717, 1.165) is 44.4 Å². The second kappa shape index (κ2) is 12.3. The first-order chi connectivity index (χ1) is 22.1. The van der Waals surface area contributed by atoms with Crippen molar-refractivity contribution in [3.8, 4) is 34.0 Å². The van der Waals surface area contributed by atoms with Crippen molar-refractivity contribution in [3.05, 3.63) is 91.8 Å². The Morgan fingerprint density at radius 1 is 1.07 bits per heavy atom. The molecule has 2 amide bonds. The molecule has 0 aliphatic carbocycles. The highest BCUT2D eigenvalue weighted by Crippen LogP contribution is 2.42. The highest BCUT2D eigenvalue weighted by molar-refractivity contribution is 6.04. The number of aryl methyl sites for hydroxylation is 1. The fourth-order valence-corrected chi connectivity index (χ4v) is 6.20. The normalized spacial score (nSPS) is 16.9. The lowest BCUT2D eigenvalue weighted by Crippen LogP contribution is -2.40. The Hall–Kier alpha value is -5.23. The van der Waals surface area contributed by atoms with Gasteiger partial charge in [-0.2, -0.15) is 0 Å². The molecule has 2 atom stereocenters. The van der Waals surface area contributed by atoms with Gasteiger partial charge in [0.2, 0.25) is 11.8 Å². The fourth-order valence-electron chi connectivity index (χ4n) is 6.20. The van der Waals surface area contributed by atoms with Gasteiger partial charge >= 0.3 is 5.69 Å². The quantitative estimate of drug-likeness (QED) is 0.271. The van der Waals surface area contributed by atoms with Gasteiger partial charge in [0.25, 0.3) is 11.5 Å². The van der Waals surface area contributed by atoms with Crippen LogP contribution in [0.15, 0.2) is 58.3 Å². The van der Waals surface area contributed by atoms with Gasteiger partial charge in [-0.05, 0) is 48.6 Å². The standard InChI is InChI=1S/C34H36N6O6/c1-18-21(22-9-7-11-25(19(22)2)37-31(42)24-16-39(3)34(44)40(4)33(24)43)8-6-10-23(18)26-14-28-30(32(38-26)45-5)27(17-46-28)35-15-20-12-13-29(41)36-20/h6-11,14,16,20,27,35H,12-13,15,17H2,1-5H3,(H,36,41)(H,37,42). The van der Waals surface area contributed by atoms with Gasteiger partial charge in [0.1, 0.15) is 17.9 Å². The largest absolute Gasteiger partial charge is 0.491 e. The van der Waals surface area contributed by atoms with E-state index in [9.17, 15) is 19.2 Å². The maximum absolute atomic E-state index is 13.2. The zero-order valence-electron chi connectivity index (χ0n) is 26.4. The molecule has 4 aromatic rings. The molecule has 2 unspecified atom stereocenters. The maximum Gasteiger partial charge on any atom is 0.330 e. The summed E-state index contributed by atoms with van der Waals surface area (Å²) < 4.78 is 14.0. The summed E-state index contributed by atoms with van der Waals surface area (Å²) in [5.41, 5.74) is 5.33. The minimum Gasteiger partial charge on any atom is -0.491 e. The van der Waals surface area contributed by atoms with Crippen LogP contribution in [0, 0.1) is 13.8 Å². The van der Waals surface area contributed by atoms with Crippen LogP contribution in [0.2, 0.25) is 0 Å². The number of hydrogen-bond acceptors (Lipinski definition) is 8. The summed E-state index contributed by atoms with van der Waals surface area (Å²) in [5, 5.41) is 9.34. The average molecular weight is 625 g/mol. The molecule has 46 heavy (non-hydrogen) atoms. The van der Waals surface area contributed by atoms with Crippen molar-refractivity contribution in [1.29, 1.82) is 0 Å². The van der Waals surface area contributed by atoms with Crippen molar-refractivity contribution in [1.82, 2.24) is 24.8 Å². The van der Waals surface area contributed by atoms with Gasteiger partial charge in [-0.25, -0.2) is 9.78 Å². The van der Waals surface area contributed by atoms with Gasteiger partial charge in [-0.3, -0.25) is 19.0 Å². The number of methoxy groups -OCH3 is 1. The topological polar surface area (TPSA) is 146 Å². The summed E-state index contributed by atoms with van der Waals surface area (Å²) in [6.07, 6.45) is 2.61. The molecule has 0 spiro atoms. The summed E-state index contributed by atoms with van der Waals surface area (Å²) in [6.45, 7) is 4.99. The first-order valence-corrected chi connectivity index (χ1v) is 15.1. The van der Waals surface area contributed by atoms with Crippen molar-refractivity contribution < 1.29 is 19.1 Å². The lowest BCUT2D eigenvalue weighted by Gasteiger charge is -2.18. The summed E-state index contributed by atoms with van der Waals surface area (Å²) >= 11 is 0. The Kier molecular flexibility index (Phi) is 8.22. The van der Waals surface area contributed by atoms with E-state index in [4.69, 9.17) is 14.5 Å². The summed E-state index contributed by atoms with van der Waals surface area (Å²) in [7, 11) is 4.43. The van der Waals surface area contributed by atoms with Gasteiger partial charge in [-0.15, -0.1) is 0 Å². The minimum absolute atomic E-state index is 0.0800. The third-order valence-corrected chi connectivity index (χ3v) is 8.80. The van der Waals surface area contributed by atoms with E-state index in [2.05, 4.69) is 16.0 Å². The molecule has 1 saturated heterocycles. The van der Waals surface area contributed by atoms with E-state index >= 15 is 0 Å². The zero-order valence-corrected chi connectivity index (χ0v) is 26.4. The summed E-state index contributed by atoms with van der Waals surface area (Å²) in [5.74, 6) is 0.659. The predicted octanol–water partition coefficient (Wildman–Crippen LogP) is 2.99. The van der Waals surface area contributed by atoms with Crippen LogP contribution in [0.25, 0.3) is 22.4 Å². The smallest absolute Gasteiger partial charge is 0.330 e. The molecule has 3 N–H and O–H groups in total. The van der Waals surface area contributed by atoms with Crippen molar-refractivity contribution >= 4 is 17.5 Å². The van der Waals surface area contributed by atoms with E-state index < -0.39 is 17.2 Å². The van der Waals surface area contributed by atoms with E-state index in [0.29, 0.717) is 42.6 Å². The molecular formula is C34H36N6O6. The molecule has 12 nitrogen and oxygen atoms in total. The van der Waals surface area contributed by atoms with Gasteiger partial charge < -0.3 is 30.0 Å². The van der Waals surface area contributed by atoms with Gasteiger partial charge in [0, 0.05) is 56.6 Å². The first-order valence-electron chi connectivity index (χ1n) is 15.1. The molecule has 2 aromatic carbocycles. The van der Waals surface area contributed by atoms with Crippen LogP contribution in [0.1, 0.15) is 45.9 Å². The van der Waals surface area contributed by atoms with Crippen LogP contribution in [0.5, 0.6) is 11.6 Å². The van der Waals surface area contributed by atoms with Crippen molar-refractivity contribution in [2.24, 2.45) is 14.1 Å². The number of aromatic nitrogens is 3. The monoisotopic (exact) mass is 624 g/mol. The van der Waals surface area contributed by atoms with Gasteiger partial charge in [0.15, 0.2) is 0 Å². The van der Waals surface area contributed by atoms with Crippen molar-refractivity contribution in [2.45, 2.75) is 38.8 Å². The average Bonchev–Trinajstić information content (AvgIpc) is 3.66. The Bertz CT molecular complexity index is 2000. The highest BCUT2D eigenvalue weighted by Gasteiger charge is 2.32. The van der Waals surface area contributed by atoms with Crippen molar-refractivity contribution in [2.75, 3.05) is 25.6 Å². The number of carbonyl (C=O) groups is 2. The highest BCUT2D eigenvalue weighted by atomic mass is 16.5. The van der Waals surface area contributed by atoms with E-state index in [-0.39, 0.29) is 23.6 Å². The Labute approximate surface area is 265 Å². The zero-order chi connectivity index (χ0) is 32.7. The molecule has 2 aliphatic heterocycles. The number of nitrogens with one attached hydrogen (secondary N) is 3. The Balaban J connectivity index is 1.29. The molecule has 0 saturated carbocycles. The predicted molar refractivity (Wildman–Crippen MR) is 173 cm³/mol. The Morgan fingerprint density at radius 3 is 2.50 bits per heavy atom. The van der Waals surface area contributed by atoms with Crippen LogP contribution in [0.3, 0.4) is 0 Å². The van der Waals surface area contributed by atoms with Crippen LogP contribution < -0.4 is 36.7 Å². The lowest BCUT2D eigenvalue weighted by molar-refractivity contribution is -0.119. The maximum atomic E-state index is 13.2. The number of ether oxygens (including phenoxy) is 2. The summed E-state index contributed by atoms with van der Waals surface area (Å²) in [6, 6.07) is 13.5. The number of fused-ring (bicyclic) bond motifs is 1. The van der Waals surface area contributed by atoms with E-state index in [1.54, 1.807) is 13.2 Å². The molecule has 238 valence electrons. The molecular weight excluding hydrogens is 588 g/mol. The number of rotatable bonds is 8. The van der Waals surface area contributed by atoms with Gasteiger partial charge in [-0.1, -0.05) is 30.3 Å². The van der Waals surface area contributed by atoms with E-state index in [1.165, 1.54) is 24.9 Å². The molecule has 2 aliphatic rings. The molecule has 2 aromatic heterocycles. The second-order valence-electron chi connectivity index (χ2n) is 11.7. The number of benzene rings is 2. The second-order valence-corrected chi connectivity index (χ2v) is 11.7.